The van der Waals surface area contributed by atoms with Crippen LogP contribution in [0.5, 0.6) is 5.75 Å². The first-order valence-electron chi connectivity index (χ1n) is 5.10. The summed E-state index contributed by atoms with van der Waals surface area (Å²) in [7, 11) is 0. The van der Waals surface area contributed by atoms with Gasteiger partial charge in [-0.05, 0) is 12.1 Å². The van der Waals surface area contributed by atoms with Crippen LogP contribution in [0.2, 0.25) is 0 Å². The van der Waals surface area contributed by atoms with Crippen molar-refractivity contribution in [1.82, 2.24) is 0 Å². The average Bonchev–Trinajstić information content (AvgIpc) is 2.32. The zero-order valence-electron chi connectivity index (χ0n) is 9.47. The Bertz CT molecular complexity index is 319. The van der Waals surface area contributed by atoms with Crippen molar-refractivity contribution in [2.24, 2.45) is 0 Å². The molecule has 0 radical (unpaired) electrons. The van der Waals surface area contributed by atoms with Crippen molar-refractivity contribution in [2.45, 2.75) is 20.3 Å². The molecule has 1 N–H and O–H groups in total. The van der Waals surface area contributed by atoms with Crippen molar-refractivity contribution in [3.8, 4) is 5.75 Å². The second kappa shape index (κ2) is 8.61. The lowest BCUT2D eigenvalue weighted by Gasteiger charge is -2.01. The van der Waals surface area contributed by atoms with Crippen molar-refractivity contribution in [3.63, 3.8) is 0 Å². The molecule has 0 atom stereocenters. The van der Waals surface area contributed by atoms with Gasteiger partial charge in [-0.25, -0.2) is 0 Å². The van der Waals surface area contributed by atoms with E-state index in [-0.39, 0.29) is 0 Å². The summed E-state index contributed by atoms with van der Waals surface area (Å²) in [6.45, 7) is 3.36. The van der Waals surface area contributed by atoms with Crippen LogP contribution < -0.4 is 4.74 Å². The molecular weight excluding hydrogens is 208 g/mol. The van der Waals surface area contributed by atoms with Crippen LogP contribution in [0, 0.1) is 0 Å². The highest BCUT2D eigenvalue weighted by atomic mass is 16.5. The largest absolute Gasteiger partial charge is 0.426 e. The van der Waals surface area contributed by atoms with E-state index in [1.165, 1.54) is 0 Å². The van der Waals surface area contributed by atoms with E-state index in [0.29, 0.717) is 5.75 Å². The van der Waals surface area contributed by atoms with E-state index < -0.39 is 24.8 Å². The molecule has 1 aromatic rings. The molecular formula is C12H16O4. The third-order valence-corrected chi connectivity index (χ3v) is 1.49. The monoisotopic (exact) mass is 224 g/mol. The van der Waals surface area contributed by atoms with Gasteiger partial charge in [0, 0.05) is 0 Å². The predicted octanol–water partition coefficient (Wildman–Crippen LogP) is 1.57. The van der Waals surface area contributed by atoms with Crippen molar-refractivity contribution < 1.29 is 19.4 Å². The van der Waals surface area contributed by atoms with Gasteiger partial charge in [0.2, 0.25) is 0 Å². The molecule has 0 bridgehead atoms. The number of rotatable bonds is 4. The van der Waals surface area contributed by atoms with E-state index in [4.69, 9.17) is 9.84 Å². The number of hydrogen-bond donors (Lipinski definition) is 1. The number of carbonyl (C=O) groups is 2. The number of ketones is 1. The first-order valence-corrected chi connectivity index (χ1v) is 5.10. The molecule has 88 valence electrons. The van der Waals surface area contributed by atoms with E-state index in [1.807, 2.05) is 13.8 Å². The molecule has 4 nitrogen and oxygen atoms in total. The number of ether oxygens (including phenoxy) is 1. The zero-order chi connectivity index (χ0) is 12.4. The number of Topliss-reactive ketones (excluding diaryl/α,β-unsaturated/α-hetero) is 1. The van der Waals surface area contributed by atoms with Crippen LogP contribution in [-0.2, 0) is 9.59 Å². The van der Waals surface area contributed by atoms with E-state index in [1.54, 1.807) is 30.3 Å². The minimum atomic E-state index is -0.657. The fraction of sp³-hybridized carbons (Fsp3) is 0.333. The Labute approximate surface area is 94.9 Å². The molecule has 0 unspecified atom stereocenters. The first-order chi connectivity index (χ1) is 7.72. The van der Waals surface area contributed by atoms with Crippen LogP contribution in [0.25, 0.3) is 0 Å². The van der Waals surface area contributed by atoms with Gasteiger partial charge in [-0.15, -0.1) is 0 Å². The maximum Gasteiger partial charge on any atom is 0.318 e. The fourth-order valence-electron chi connectivity index (χ4n) is 0.873. The summed E-state index contributed by atoms with van der Waals surface area (Å²) in [5.41, 5.74) is 0. The van der Waals surface area contributed by atoms with E-state index in [2.05, 4.69) is 0 Å². The second-order valence-electron chi connectivity index (χ2n) is 2.66. The summed E-state index contributed by atoms with van der Waals surface area (Å²) in [6.07, 6.45) is -0.397. The van der Waals surface area contributed by atoms with Gasteiger partial charge in [-0.3, -0.25) is 9.59 Å². The molecule has 4 heteroatoms. The highest BCUT2D eigenvalue weighted by Gasteiger charge is 2.09. The van der Waals surface area contributed by atoms with Gasteiger partial charge in [0.25, 0.3) is 0 Å². The lowest BCUT2D eigenvalue weighted by molar-refractivity contribution is -0.138. The molecule has 16 heavy (non-hydrogen) atoms. The van der Waals surface area contributed by atoms with Gasteiger partial charge in [-0.1, -0.05) is 32.0 Å². The minimum Gasteiger partial charge on any atom is -0.426 e. The van der Waals surface area contributed by atoms with Crippen LogP contribution in [-0.4, -0.2) is 23.5 Å². The Morgan fingerprint density at radius 3 is 2.25 bits per heavy atom. The molecule has 0 amide bonds. The standard InChI is InChI=1S/C10H10O4.C2H6/c11-7-8(12)6-10(13)14-9-4-2-1-3-5-9;1-2/h1-5,11H,6-7H2;1-2H3. The summed E-state index contributed by atoms with van der Waals surface area (Å²) in [5, 5.41) is 8.39. The Hall–Kier alpha value is -1.68. The van der Waals surface area contributed by atoms with Crippen molar-refractivity contribution >= 4 is 11.8 Å². The highest BCUT2D eigenvalue weighted by molar-refractivity contribution is 5.96. The maximum atomic E-state index is 11.0. The molecule has 0 heterocycles. The van der Waals surface area contributed by atoms with Gasteiger partial charge < -0.3 is 9.84 Å². The molecule has 1 rings (SSSR count). The summed E-state index contributed by atoms with van der Waals surface area (Å²) < 4.78 is 4.82. The molecule has 0 fully saturated rings. The van der Waals surface area contributed by atoms with Gasteiger partial charge in [0.15, 0.2) is 5.78 Å². The quantitative estimate of drug-likeness (QED) is 0.479. The highest BCUT2D eigenvalue weighted by Crippen LogP contribution is 2.08. The lowest BCUT2D eigenvalue weighted by Crippen LogP contribution is -2.16. The number of para-hydroxylation sites is 1. The molecule has 0 saturated carbocycles. The van der Waals surface area contributed by atoms with Crippen LogP contribution >= 0.6 is 0 Å². The second-order valence-corrected chi connectivity index (χ2v) is 2.66. The number of carbonyl (C=O) groups excluding carboxylic acids is 2. The van der Waals surface area contributed by atoms with Crippen LogP contribution in [0.3, 0.4) is 0 Å². The van der Waals surface area contributed by atoms with Crippen molar-refractivity contribution in [1.29, 1.82) is 0 Å². The van der Waals surface area contributed by atoms with E-state index in [0.717, 1.165) is 0 Å². The SMILES string of the molecule is CC.O=C(CO)CC(=O)Oc1ccccc1. The van der Waals surface area contributed by atoms with Gasteiger partial charge in [0.1, 0.15) is 18.8 Å². The molecule has 1 aromatic carbocycles. The van der Waals surface area contributed by atoms with Gasteiger partial charge >= 0.3 is 5.97 Å². The smallest absolute Gasteiger partial charge is 0.318 e. The van der Waals surface area contributed by atoms with Gasteiger partial charge in [0.05, 0.1) is 0 Å². The molecule has 0 aromatic heterocycles. The van der Waals surface area contributed by atoms with Crippen molar-refractivity contribution in [2.75, 3.05) is 6.61 Å². The van der Waals surface area contributed by atoms with Crippen LogP contribution in [0.15, 0.2) is 30.3 Å². The normalized spacial score (nSPS) is 8.69. The summed E-state index contributed by atoms with van der Waals surface area (Å²) >= 11 is 0. The predicted molar refractivity (Wildman–Crippen MR) is 60.1 cm³/mol. The minimum absolute atomic E-state index is 0.392. The third kappa shape index (κ3) is 5.93. The van der Waals surface area contributed by atoms with Gasteiger partial charge in [-0.2, -0.15) is 0 Å². The van der Waals surface area contributed by atoms with E-state index in [9.17, 15) is 9.59 Å². The summed E-state index contributed by atoms with van der Waals surface area (Å²) in [6, 6.07) is 8.45. The topological polar surface area (TPSA) is 63.6 Å². The zero-order valence-corrected chi connectivity index (χ0v) is 9.47. The van der Waals surface area contributed by atoms with Crippen molar-refractivity contribution in [3.05, 3.63) is 30.3 Å². The van der Waals surface area contributed by atoms with Crippen LogP contribution in [0.4, 0.5) is 0 Å². The first kappa shape index (κ1) is 14.3. The summed E-state index contributed by atoms with van der Waals surface area (Å²) in [4.78, 5) is 21.7. The Kier molecular flexibility index (Phi) is 7.71. The Balaban J connectivity index is 0.00000106. The van der Waals surface area contributed by atoms with E-state index >= 15 is 0 Å². The molecule has 0 aliphatic carbocycles. The van der Waals surface area contributed by atoms with Crippen LogP contribution in [0.1, 0.15) is 20.3 Å². The fourth-order valence-corrected chi connectivity index (χ4v) is 0.873. The number of aliphatic hydroxyl groups excluding tert-OH is 1. The number of esters is 1. The average molecular weight is 224 g/mol. The Morgan fingerprint density at radius 2 is 1.75 bits per heavy atom. The summed E-state index contributed by atoms with van der Waals surface area (Å²) in [5.74, 6) is -0.815. The molecule has 0 spiro atoms. The number of aliphatic hydroxyl groups is 1. The molecule has 0 aliphatic heterocycles. The number of hydrogen-bond acceptors (Lipinski definition) is 4. The molecule has 0 saturated heterocycles. The third-order valence-electron chi connectivity index (χ3n) is 1.49. The lowest BCUT2D eigenvalue weighted by atomic mass is 10.3. The number of benzene rings is 1. The Morgan fingerprint density at radius 1 is 1.19 bits per heavy atom. The molecule has 0 aliphatic rings. The maximum absolute atomic E-state index is 11.0.